The van der Waals surface area contributed by atoms with Gasteiger partial charge in [0.1, 0.15) is 24.7 Å². The normalized spacial score (nSPS) is 18.9. The fraction of sp³-hybridized carbons (Fsp3) is 0.409. The molecule has 3 atom stereocenters. The molecule has 1 aromatic carbocycles. The fourth-order valence-electron chi connectivity index (χ4n) is 4.05. The van der Waals surface area contributed by atoms with Gasteiger partial charge < -0.3 is 13.8 Å². The van der Waals surface area contributed by atoms with Crippen LogP contribution in [0.1, 0.15) is 43.8 Å². The van der Waals surface area contributed by atoms with Crippen molar-refractivity contribution in [2.75, 3.05) is 0 Å². The van der Waals surface area contributed by atoms with Gasteiger partial charge >= 0.3 is 0 Å². The first-order valence-electron chi connectivity index (χ1n) is 10.5. The van der Waals surface area contributed by atoms with Gasteiger partial charge in [-0.3, -0.25) is 9.36 Å². The molecular weight excluding hydrogens is 396 g/mol. The van der Waals surface area contributed by atoms with Gasteiger partial charge in [-0.1, -0.05) is 36.7 Å². The minimum Gasteiger partial charge on any atom is -0.490 e. The first kappa shape index (κ1) is 19.5. The number of nitrogens with zero attached hydrogens (tertiary/aromatic N) is 6. The van der Waals surface area contributed by atoms with Gasteiger partial charge in [0.25, 0.3) is 5.56 Å². The Morgan fingerprint density at radius 2 is 2.03 bits per heavy atom. The van der Waals surface area contributed by atoms with E-state index in [1.54, 1.807) is 17.9 Å². The molecule has 0 saturated heterocycles. The Morgan fingerprint density at radius 1 is 1.23 bits per heavy atom. The second-order valence-corrected chi connectivity index (χ2v) is 8.02. The number of rotatable bonds is 8. The highest BCUT2D eigenvalue weighted by molar-refractivity contribution is 5.68. The zero-order chi connectivity index (χ0) is 21.4. The van der Waals surface area contributed by atoms with Gasteiger partial charge in [-0.2, -0.15) is 4.98 Å². The molecule has 1 saturated carbocycles. The maximum atomic E-state index is 12.7. The number of imidazole rings is 1. The van der Waals surface area contributed by atoms with Gasteiger partial charge in [0.15, 0.2) is 17.0 Å². The van der Waals surface area contributed by atoms with Crippen LogP contribution in [0.4, 0.5) is 0 Å². The van der Waals surface area contributed by atoms with Gasteiger partial charge in [0.2, 0.25) is 5.89 Å². The van der Waals surface area contributed by atoms with Crippen LogP contribution in [-0.4, -0.2) is 35.3 Å². The Labute approximate surface area is 178 Å². The summed E-state index contributed by atoms with van der Waals surface area (Å²) in [4.78, 5) is 25.6. The van der Waals surface area contributed by atoms with E-state index >= 15 is 0 Å². The second-order valence-electron chi connectivity index (χ2n) is 8.02. The van der Waals surface area contributed by atoms with E-state index in [0.717, 1.165) is 25.0 Å². The Hall–Kier alpha value is -3.49. The SMILES string of the molecule is CCC[C@H](Oc1ccccc1)[C@@H]1C[C@H]1c1noc(Cn2cnc3ncn(C)c3c2=O)n1. The van der Waals surface area contributed by atoms with Crippen LogP contribution in [0.25, 0.3) is 11.2 Å². The Bertz CT molecular complexity index is 1250. The number of hydrogen-bond acceptors (Lipinski definition) is 7. The van der Waals surface area contributed by atoms with Crippen molar-refractivity contribution in [2.45, 2.75) is 44.8 Å². The van der Waals surface area contributed by atoms with Crippen LogP contribution in [0.5, 0.6) is 5.75 Å². The lowest BCUT2D eigenvalue weighted by molar-refractivity contribution is 0.164. The summed E-state index contributed by atoms with van der Waals surface area (Å²) < 4.78 is 14.8. The summed E-state index contributed by atoms with van der Waals surface area (Å²) in [5.74, 6) is 2.54. The molecule has 9 nitrogen and oxygen atoms in total. The number of fused-ring (bicyclic) bond motifs is 1. The van der Waals surface area contributed by atoms with Crippen LogP contribution >= 0.6 is 0 Å². The van der Waals surface area contributed by atoms with Crippen molar-refractivity contribution >= 4 is 11.2 Å². The molecule has 31 heavy (non-hydrogen) atoms. The standard InChI is InChI=1S/C22H24N6O3/c1-3-7-17(30-14-8-5-4-6-9-14)15-10-16(15)20-25-18(31-26-20)11-28-13-24-21-19(22(28)29)27(2)12-23-21/h4-6,8-9,12-13,15-17H,3,7,10-11H2,1-2H3/t15-,16-,17+/m1/s1. The molecule has 1 fully saturated rings. The number of aryl methyl sites for hydroxylation is 1. The van der Waals surface area contributed by atoms with Crippen LogP contribution < -0.4 is 10.3 Å². The predicted molar refractivity (Wildman–Crippen MR) is 113 cm³/mol. The molecule has 1 aliphatic carbocycles. The van der Waals surface area contributed by atoms with E-state index in [1.807, 2.05) is 30.3 Å². The molecule has 3 aromatic heterocycles. The quantitative estimate of drug-likeness (QED) is 0.432. The van der Waals surface area contributed by atoms with Gasteiger partial charge in [0.05, 0.1) is 6.33 Å². The smallest absolute Gasteiger partial charge is 0.280 e. The van der Waals surface area contributed by atoms with Crippen LogP contribution in [0.15, 0.2) is 52.3 Å². The molecule has 5 rings (SSSR count). The van der Waals surface area contributed by atoms with E-state index in [1.165, 1.54) is 10.9 Å². The maximum Gasteiger partial charge on any atom is 0.280 e. The topological polar surface area (TPSA) is 101 Å². The van der Waals surface area contributed by atoms with Crippen molar-refractivity contribution in [1.29, 1.82) is 0 Å². The van der Waals surface area contributed by atoms with E-state index in [2.05, 4.69) is 27.0 Å². The zero-order valence-corrected chi connectivity index (χ0v) is 17.5. The zero-order valence-electron chi connectivity index (χ0n) is 17.5. The number of benzene rings is 1. The number of para-hydroxylation sites is 1. The van der Waals surface area contributed by atoms with Gasteiger partial charge in [-0.05, 0) is 25.0 Å². The first-order chi connectivity index (χ1) is 15.1. The van der Waals surface area contributed by atoms with Crippen molar-refractivity contribution in [3.63, 3.8) is 0 Å². The summed E-state index contributed by atoms with van der Waals surface area (Å²) in [6, 6.07) is 9.91. The highest BCUT2D eigenvalue weighted by Gasteiger charge is 2.47. The lowest BCUT2D eigenvalue weighted by atomic mass is 10.1. The summed E-state index contributed by atoms with van der Waals surface area (Å²) in [6.07, 6.45) is 6.16. The van der Waals surface area contributed by atoms with Crippen LogP contribution in [0.3, 0.4) is 0 Å². The summed E-state index contributed by atoms with van der Waals surface area (Å²) in [5.41, 5.74) is 0.689. The van der Waals surface area contributed by atoms with Gasteiger partial charge in [-0.25, -0.2) is 9.97 Å². The largest absolute Gasteiger partial charge is 0.490 e. The van der Waals surface area contributed by atoms with Crippen molar-refractivity contribution in [2.24, 2.45) is 13.0 Å². The molecule has 160 valence electrons. The highest BCUT2D eigenvalue weighted by Crippen LogP contribution is 2.50. The highest BCUT2D eigenvalue weighted by atomic mass is 16.5. The molecule has 9 heteroatoms. The summed E-state index contributed by atoms with van der Waals surface area (Å²) in [5, 5.41) is 4.18. The van der Waals surface area contributed by atoms with Crippen molar-refractivity contribution < 1.29 is 9.26 Å². The molecule has 1 aliphatic rings. The first-order valence-corrected chi connectivity index (χ1v) is 10.5. The molecule has 0 spiro atoms. The van der Waals surface area contributed by atoms with E-state index in [9.17, 15) is 4.79 Å². The number of aromatic nitrogens is 6. The molecule has 4 aromatic rings. The van der Waals surface area contributed by atoms with Crippen molar-refractivity contribution in [1.82, 2.24) is 29.2 Å². The van der Waals surface area contributed by atoms with Crippen molar-refractivity contribution in [3.8, 4) is 5.75 Å². The molecule has 0 aliphatic heterocycles. The number of hydrogen-bond donors (Lipinski definition) is 0. The number of ether oxygens (including phenoxy) is 1. The van der Waals surface area contributed by atoms with Crippen LogP contribution in [0, 0.1) is 5.92 Å². The van der Waals surface area contributed by atoms with Crippen LogP contribution in [0.2, 0.25) is 0 Å². The average molecular weight is 420 g/mol. The van der Waals surface area contributed by atoms with Crippen LogP contribution in [-0.2, 0) is 13.6 Å². The third-order valence-corrected chi connectivity index (χ3v) is 5.74. The van der Waals surface area contributed by atoms with Gasteiger partial charge in [0, 0.05) is 18.9 Å². The van der Waals surface area contributed by atoms with Crippen molar-refractivity contribution in [3.05, 3.63) is 65.1 Å². The van der Waals surface area contributed by atoms with Gasteiger partial charge in [-0.15, -0.1) is 0 Å². The Morgan fingerprint density at radius 3 is 2.84 bits per heavy atom. The van der Waals surface area contributed by atoms with E-state index in [4.69, 9.17) is 9.26 Å². The Balaban J connectivity index is 1.29. The third kappa shape index (κ3) is 3.83. The molecular formula is C22H24N6O3. The molecule has 3 heterocycles. The predicted octanol–water partition coefficient (Wildman–Crippen LogP) is 2.91. The fourth-order valence-corrected chi connectivity index (χ4v) is 4.05. The molecule has 0 bridgehead atoms. The lowest BCUT2D eigenvalue weighted by Crippen LogP contribution is -2.22. The Kier molecular flexibility index (Phi) is 5.01. The summed E-state index contributed by atoms with van der Waals surface area (Å²) in [7, 11) is 1.77. The lowest BCUT2D eigenvalue weighted by Gasteiger charge is -2.18. The molecule has 0 unspecified atom stereocenters. The minimum atomic E-state index is -0.187. The average Bonchev–Trinajstić information content (AvgIpc) is 3.28. The third-order valence-electron chi connectivity index (χ3n) is 5.74. The molecule has 0 radical (unpaired) electrons. The molecule has 0 amide bonds. The summed E-state index contributed by atoms with van der Waals surface area (Å²) in [6.45, 7) is 2.34. The van der Waals surface area contributed by atoms with E-state index in [0.29, 0.717) is 28.8 Å². The second kappa shape index (κ2) is 7.98. The maximum absolute atomic E-state index is 12.7. The van der Waals surface area contributed by atoms with E-state index in [-0.39, 0.29) is 24.1 Å². The minimum absolute atomic E-state index is 0.124. The van der Waals surface area contributed by atoms with E-state index < -0.39 is 0 Å². The monoisotopic (exact) mass is 420 g/mol. The summed E-state index contributed by atoms with van der Waals surface area (Å²) >= 11 is 0. The molecule has 0 N–H and O–H groups in total.